The van der Waals surface area contributed by atoms with Crippen LogP contribution in [-0.4, -0.2) is 11.5 Å². The Kier molecular flexibility index (Phi) is 4.29. The van der Waals surface area contributed by atoms with E-state index in [1.165, 1.54) is 12.1 Å². The summed E-state index contributed by atoms with van der Waals surface area (Å²) in [5.41, 5.74) is 2.73. The highest BCUT2D eigenvalue weighted by atomic mass is 19.4. The van der Waals surface area contributed by atoms with Crippen LogP contribution < -0.4 is 4.74 Å². The van der Waals surface area contributed by atoms with E-state index in [0.717, 1.165) is 16.7 Å². The van der Waals surface area contributed by atoms with Crippen LogP contribution in [0.25, 0.3) is 0 Å². The molecule has 1 N–H and O–H groups in total. The Morgan fingerprint density at radius 1 is 0.800 bits per heavy atom. The van der Waals surface area contributed by atoms with Gasteiger partial charge in [-0.3, -0.25) is 0 Å². The molecule has 0 unspecified atom stereocenters. The summed E-state index contributed by atoms with van der Waals surface area (Å²) in [5.74, 6) is -0.225. The Morgan fingerprint density at radius 3 is 1.70 bits per heavy atom. The standard InChI is InChI=1S/C15H13F3O2/c16-15(17,18)20-14-7-5-12(6-8-14)9-11-1-3-13(10-19)4-2-11/h1-8,19H,9-10H2. The van der Waals surface area contributed by atoms with Gasteiger partial charge in [0.2, 0.25) is 0 Å². The average Bonchev–Trinajstić information content (AvgIpc) is 2.40. The topological polar surface area (TPSA) is 29.5 Å². The highest BCUT2D eigenvalue weighted by Gasteiger charge is 2.30. The molecule has 0 saturated heterocycles. The molecule has 0 spiro atoms. The van der Waals surface area contributed by atoms with E-state index in [4.69, 9.17) is 5.11 Å². The van der Waals surface area contributed by atoms with E-state index in [1.54, 1.807) is 12.1 Å². The minimum Gasteiger partial charge on any atom is -0.406 e. The summed E-state index contributed by atoms with van der Waals surface area (Å²) in [5, 5.41) is 8.94. The number of alkyl halides is 3. The molecule has 0 aliphatic rings. The van der Waals surface area contributed by atoms with Gasteiger partial charge in [0, 0.05) is 0 Å². The second-order valence-electron chi connectivity index (χ2n) is 4.34. The van der Waals surface area contributed by atoms with Crippen molar-refractivity contribution in [2.24, 2.45) is 0 Å². The maximum absolute atomic E-state index is 12.0. The van der Waals surface area contributed by atoms with Crippen molar-refractivity contribution in [3.8, 4) is 5.75 Å². The second-order valence-corrected chi connectivity index (χ2v) is 4.34. The fourth-order valence-electron chi connectivity index (χ4n) is 1.81. The third-order valence-corrected chi connectivity index (χ3v) is 2.77. The van der Waals surface area contributed by atoms with Crippen LogP contribution in [0.4, 0.5) is 13.2 Å². The number of rotatable bonds is 4. The number of halogens is 3. The van der Waals surface area contributed by atoms with E-state index >= 15 is 0 Å². The molecule has 20 heavy (non-hydrogen) atoms. The Balaban J connectivity index is 2.02. The zero-order chi connectivity index (χ0) is 14.6. The van der Waals surface area contributed by atoms with Crippen LogP contribution in [0.3, 0.4) is 0 Å². The molecule has 0 amide bonds. The first-order valence-electron chi connectivity index (χ1n) is 5.99. The SMILES string of the molecule is OCc1ccc(Cc2ccc(OC(F)(F)F)cc2)cc1. The molecule has 0 atom stereocenters. The second kappa shape index (κ2) is 5.96. The summed E-state index contributed by atoms with van der Waals surface area (Å²) in [6.45, 7) is -0.0102. The number of aliphatic hydroxyl groups excluding tert-OH is 1. The zero-order valence-electron chi connectivity index (χ0n) is 10.5. The molecule has 0 heterocycles. The number of hydrogen-bond acceptors (Lipinski definition) is 2. The molecule has 0 aliphatic heterocycles. The van der Waals surface area contributed by atoms with Crippen molar-refractivity contribution in [2.75, 3.05) is 0 Å². The lowest BCUT2D eigenvalue weighted by Gasteiger charge is -2.09. The smallest absolute Gasteiger partial charge is 0.406 e. The predicted octanol–water partition coefficient (Wildman–Crippen LogP) is 3.67. The summed E-state index contributed by atoms with van der Waals surface area (Å²) in [7, 11) is 0. The van der Waals surface area contributed by atoms with Gasteiger partial charge in [0.25, 0.3) is 0 Å². The summed E-state index contributed by atoms with van der Waals surface area (Å²) >= 11 is 0. The van der Waals surface area contributed by atoms with Gasteiger partial charge >= 0.3 is 6.36 Å². The summed E-state index contributed by atoms with van der Waals surface area (Å²) in [6, 6.07) is 13.2. The molecule has 0 radical (unpaired) electrons. The fourth-order valence-corrected chi connectivity index (χ4v) is 1.81. The van der Waals surface area contributed by atoms with Crippen molar-refractivity contribution < 1.29 is 23.0 Å². The van der Waals surface area contributed by atoms with Crippen molar-refractivity contribution in [3.05, 3.63) is 65.2 Å². The fraction of sp³-hybridized carbons (Fsp3) is 0.200. The molecule has 5 heteroatoms. The molecule has 2 nitrogen and oxygen atoms in total. The molecule has 0 bridgehead atoms. The van der Waals surface area contributed by atoms with Crippen molar-refractivity contribution in [1.29, 1.82) is 0 Å². The van der Waals surface area contributed by atoms with E-state index in [0.29, 0.717) is 6.42 Å². The Labute approximate surface area is 114 Å². The molecule has 0 aliphatic carbocycles. The predicted molar refractivity (Wildman–Crippen MR) is 68.3 cm³/mol. The van der Waals surface area contributed by atoms with Crippen LogP contribution in [0, 0.1) is 0 Å². The maximum Gasteiger partial charge on any atom is 0.573 e. The maximum atomic E-state index is 12.0. The normalized spacial score (nSPS) is 11.4. The third kappa shape index (κ3) is 4.28. The average molecular weight is 282 g/mol. The van der Waals surface area contributed by atoms with Gasteiger partial charge in [0.15, 0.2) is 0 Å². The first-order chi connectivity index (χ1) is 9.46. The third-order valence-electron chi connectivity index (χ3n) is 2.77. The molecule has 0 fully saturated rings. The summed E-state index contributed by atoms with van der Waals surface area (Å²) < 4.78 is 39.9. The van der Waals surface area contributed by atoms with Crippen molar-refractivity contribution in [3.63, 3.8) is 0 Å². The highest BCUT2D eigenvalue weighted by molar-refractivity contribution is 5.32. The monoisotopic (exact) mass is 282 g/mol. The van der Waals surface area contributed by atoms with Crippen LogP contribution in [0.5, 0.6) is 5.75 Å². The lowest BCUT2D eigenvalue weighted by Crippen LogP contribution is -2.17. The summed E-state index contributed by atoms with van der Waals surface area (Å²) in [4.78, 5) is 0. The molecule has 0 aromatic heterocycles. The molecule has 2 aromatic carbocycles. The lowest BCUT2D eigenvalue weighted by atomic mass is 10.0. The summed E-state index contributed by atoms with van der Waals surface area (Å²) in [6.07, 6.45) is -4.06. The highest BCUT2D eigenvalue weighted by Crippen LogP contribution is 2.23. The van der Waals surface area contributed by atoms with E-state index < -0.39 is 6.36 Å². The Morgan fingerprint density at radius 2 is 1.25 bits per heavy atom. The Hall–Kier alpha value is -2.01. The van der Waals surface area contributed by atoms with Gasteiger partial charge in [0.1, 0.15) is 5.75 Å². The Bertz CT molecular complexity index is 545. The largest absolute Gasteiger partial charge is 0.573 e. The number of aliphatic hydroxyl groups is 1. The van der Waals surface area contributed by atoms with Crippen molar-refractivity contribution in [1.82, 2.24) is 0 Å². The number of ether oxygens (including phenoxy) is 1. The molecular weight excluding hydrogens is 269 g/mol. The molecule has 106 valence electrons. The van der Waals surface area contributed by atoms with E-state index in [2.05, 4.69) is 4.74 Å². The number of hydrogen-bond donors (Lipinski definition) is 1. The van der Waals surface area contributed by atoms with Gasteiger partial charge in [-0.05, 0) is 35.2 Å². The van der Waals surface area contributed by atoms with E-state index in [9.17, 15) is 13.2 Å². The minimum atomic E-state index is -4.67. The van der Waals surface area contributed by atoms with Gasteiger partial charge in [-0.2, -0.15) is 0 Å². The van der Waals surface area contributed by atoms with Gasteiger partial charge in [-0.1, -0.05) is 36.4 Å². The van der Waals surface area contributed by atoms with Gasteiger partial charge in [-0.15, -0.1) is 13.2 Å². The van der Waals surface area contributed by atoms with Crippen LogP contribution in [-0.2, 0) is 13.0 Å². The zero-order valence-corrected chi connectivity index (χ0v) is 10.5. The molecule has 2 rings (SSSR count). The quantitative estimate of drug-likeness (QED) is 0.927. The van der Waals surface area contributed by atoms with E-state index in [1.807, 2.05) is 24.3 Å². The van der Waals surface area contributed by atoms with Gasteiger partial charge < -0.3 is 9.84 Å². The molecule has 0 saturated carbocycles. The van der Waals surface area contributed by atoms with Gasteiger partial charge in [-0.25, -0.2) is 0 Å². The van der Waals surface area contributed by atoms with Crippen LogP contribution in [0.2, 0.25) is 0 Å². The number of benzene rings is 2. The molecular formula is C15H13F3O2. The van der Waals surface area contributed by atoms with Gasteiger partial charge in [0.05, 0.1) is 6.61 Å². The minimum absolute atomic E-state index is 0.0102. The van der Waals surface area contributed by atoms with Crippen LogP contribution >= 0.6 is 0 Å². The van der Waals surface area contributed by atoms with Crippen molar-refractivity contribution in [2.45, 2.75) is 19.4 Å². The van der Waals surface area contributed by atoms with E-state index in [-0.39, 0.29) is 12.4 Å². The van der Waals surface area contributed by atoms with Crippen LogP contribution in [0.1, 0.15) is 16.7 Å². The molecule has 2 aromatic rings. The van der Waals surface area contributed by atoms with Crippen LogP contribution in [0.15, 0.2) is 48.5 Å². The van der Waals surface area contributed by atoms with Crippen molar-refractivity contribution >= 4 is 0 Å². The lowest BCUT2D eigenvalue weighted by molar-refractivity contribution is -0.274. The first-order valence-corrected chi connectivity index (χ1v) is 5.99. The first kappa shape index (κ1) is 14.4.